The third kappa shape index (κ3) is 1.48. The third-order valence-corrected chi connectivity index (χ3v) is 1.24. The molecule has 0 aliphatic carbocycles. The zero-order valence-electron chi connectivity index (χ0n) is 5.74. The molecule has 1 aliphatic rings. The van der Waals surface area contributed by atoms with E-state index < -0.39 is 0 Å². The lowest BCUT2D eigenvalue weighted by atomic mass is 10.1. The molecule has 1 fully saturated rings. The van der Waals surface area contributed by atoms with Gasteiger partial charge in [-0.05, 0) is 18.7 Å². The van der Waals surface area contributed by atoms with Gasteiger partial charge < -0.3 is 4.74 Å². The van der Waals surface area contributed by atoms with Gasteiger partial charge in [0.25, 0.3) is 0 Å². The molecule has 42 valence electrons. The summed E-state index contributed by atoms with van der Waals surface area (Å²) in [6.45, 7) is 3.40. The molecule has 0 spiro atoms. The van der Waals surface area contributed by atoms with Crippen molar-refractivity contribution in [1.29, 1.82) is 0 Å². The van der Waals surface area contributed by atoms with Crippen LogP contribution in [0.1, 0.15) is 21.1 Å². The lowest BCUT2D eigenvalue weighted by Crippen LogP contribution is -2.13. The van der Waals surface area contributed by atoms with Crippen LogP contribution in [-0.4, -0.2) is 13.2 Å². The zero-order chi connectivity index (χ0) is 6.04. The van der Waals surface area contributed by atoms with Gasteiger partial charge in [0.1, 0.15) is 0 Å². The van der Waals surface area contributed by atoms with Crippen LogP contribution < -0.4 is 0 Å². The van der Waals surface area contributed by atoms with E-state index in [4.69, 9.17) is 6.11 Å². The first-order chi connectivity index (χ1) is 3.71. The van der Waals surface area contributed by atoms with E-state index in [9.17, 15) is 0 Å². The van der Waals surface area contributed by atoms with E-state index in [0.717, 1.165) is 19.4 Å². The SMILES string of the molecule is [2H][C@]1(C)CCCOC1. The maximum atomic E-state index is 7.50. The highest BCUT2D eigenvalue weighted by molar-refractivity contribution is 4.55. The van der Waals surface area contributed by atoms with Crippen LogP contribution in [0.5, 0.6) is 0 Å². The summed E-state index contributed by atoms with van der Waals surface area (Å²) in [6.07, 6.45) is 2.05. The topological polar surface area (TPSA) is 9.23 Å². The van der Waals surface area contributed by atoms with E-state index in [0.29, 0.717) is 6.61 Å². The molecule has 0 saturated carbocycles. The summed E-state index contributed by atoms with van der Waals surface area (Å²) in [5.74, 6) is -0.293. The van der Waals surface area contributed by atoms with Gasteiger partial charge in [0.2, 0.25) is 0 Å². The second-order valence-electron chi connectivity index (χ2n) is 2.11. The van der Waals surface area contributed by atoms with Crippen LogP contribution in [0.25, 0.3) is 0 Å². The van der Waals surface area contributed by atoms with Crippen LogP contribution >= 0.6 is 0 Å². The third-order valence-electron chi connectivity index (χ3n) is 1.24. The van der Waals surface area contributed by atoms with E-state index in [-0.39, 0.29) is 5.89 Å². The average molecular weight is 101 g/mol. The van der Waals surface area contributed by atoms with Gasteiger partial charge in [-0.25, -0.2) is 0 Å². The Bertz CT molecular complexity index is 72.6. The number of ether oxygens (including phenoxy) is 1. The summed E-state index contributed by atoms with van der Waals surface area (Å²) in [6, 6.07) is 0. The monoisotopic (exact) mass is 101 g/mol. The first-order valence-corrected chi connectivity index (χ1v) is 2.78. The molecule has 0 N–H and O–H groups in total. The lowest BCUT2D eigenvalue weighted by molar-refractivity contribution is 0.0616. The van der Waals surface area contributed by atoms with Crippen molar-refractivity contribution >= 4 is 0 Å². The highest BCUT2D eigenvalue weighted by Gasteiger charge is 2.06. The zero-order valence-corrected chi connectivity index (χ0v) is 4.74. The molecule has 0 unspecified atom stereocenters. The molecule has 1 nitrogen and oxygen atoms in total. The maximum absolute atomic E-state index is 7.50. The van der Waals surface area contributed by atoms with Gasteiger partial charge in [0.05, 0.1) is 0 Å². The van der Waals surface area contributed by atoms with Crippen molar-refractivity contribution in [3.8, 4) is 0 Å². The van der Waals surface area contributed by atoms with Gasteiger partial charge >= 0.3 is 0 Å². The second-order valence-corrected chi connectivity index (χ2v) is 2.11. The summed E-state index contributed by atoms with van der Waals surface area (Å²) < 4.78 is 12.6. The summed E-state index contributed by atoms with van der Waals surface area (Å²) >= 11 is 0. The van der Waals surface area contributed by atoms with Crippen LogP contribution in [0.4, 0.5) is 0 Å². The molecule has 7 heavy (non-hydrogen) atoms. The Kier molecular flexibility index (Phi) is 1.29. The fourth-order valence-corrected chi connectivity index (χ4v) is 0.795. The standard InChI is InChI=1S/C6H12O/c1-6-3-2-4-7-5-6/h6H,2-5H2,1H3/t6-/m0/s1/i6D. The Morgan fingerprint density at radius 2 is 2.71 bits per heavy atom. The predicted molar refractivity (Wildman–Crippen MR) is 29.2 cm³/mol. The molecule has 0 radical (unpaired) electrons. The molecule has 1 rings (SSSR count). The highest BCUT2D eigenvalue weighted by Crippen LogP contribution is 2.10. The average Bonchev–Trinajstić information content (AvgIpc) is 1.65. The summed E-state index contributed by atoms with van der Waals surface area (Å²) in [5, 5.41) is 0. The molecule has 0 aromatic rings. The molecule has 1 heteroatoms. The smallest absolute Gasteiger partial charge is 0.0491 e. The Morgan fingerprint density at radius 3 is 3.00 bits per heavy atom. The van der Waals surface area contributed by atoms with Crippen molar-refractivity contribution in [2.45, 2.75) is 19.8 Å². The molecule has 0 amide bonds. The first-order valence-electron chi connectivity index (χ1n) is 3.28. The molecule has 0 aromatic carbocycles. The van der Waals surface area contributed by atoms with Crippen molar-refractivity contribution in [1.82, 2.24) is 0 Å². The van der Waals surface area contributed by atoms with Gasteiger partial charge in [-0.1, -0.05) is 6.92 Å². The maximum Gasteiger partial charge on any atom is 0.0491 e. The fraction of sp³-hybridized carbons (Fsp3) is 1.00. The largest absolute Gasteiger partial charge is 0.381 e. The minimum absolute atomic E-state index is 0.293. The molecular formula is C6H12O. The lowest BCUT2D eigenvalue weighted by Gasteiger charge is -2.16. The Morgan fingerprint density at radius 1 is 1.86 bits per heavy atom. The van der Waals surface area contributed by atoms with Gasteiger partial charge in [-0.3, -0.25) is 0 Å². The molecule has 0 aromatic heterocycles. The molecule has 1 saturated heterocycles. The Labute approximate surface area is 46.1 Å². The van der Waals surface area contributed by atoms with Gasteiger partial charge in [-0.2, -0.15) is 0 Å². The normalized spacial score (nSPS) is 45.6. The quantitative estimate of drug-likeness (QED) is 0.448. The number of hydrogen-bond acceptors (Lipinski definition) is 1. The fourth-order valence-electron chi connectivity index (χ4n) is 0.795. The van der Waals surface area contributed by atoms with Crippen LogP contribution in [0, 0.1) is 5.89 Å². The van der Waals surface area contributed by atoms with Crippen molar-refractivity contribution in [3.63, 3.8) is 0 Å². The van der Waals surface area contributed by atoms with Crippen molar-refractivity contribution in [2.75, 3.05) is 13.2 Å². The van der Waals surface area contributed by atoms with Crippen LogP contribution in [0.3, 0.4) is 0 Å². The first kappa shape index (κ1) is 3.90. The molecule has 1 heterocycles. The van der Waals surface area contributed by atoms with Crippen molar-refractivity contribution in [2.24, 2.45) is 5.89 Å². The molecule has 0 bridgehead atoms. The number of rotatable bonds is 0. The van der Waals surface area contributed by atoms with Crippen molar-refractivity contribution in [3.05, 3.63) is 0 Å². The van der Waals surface area contributed by atoms with E-state index in [1.807, 2.05) is 6.92 Å². The minimum Gasteiger partial charge on any atom is -0.381 e. The number of hydrogen-bond donors (Lipinski definition) is 0. The van der Waals surface area contributed by atoms with E-state index in [2.05, 4.69) is 0 Å². The van der Waals surface area contributed by atoms with Gasteiger partial charge in [0.15, 0.2) is 0 Å². The Hall–Kier alpha value is -0.0400. The Balaban J connectivity index is 2.33. The van der Waals surface area contributed by atoms with E-state index >= 15 is 0 Å². The summed E-state index contributed by atoms with van der Waals surface area (Å²) in [7, 11) is 0. The summed E-state index contributed by atoms with van der Waals surface area (Å²) in [4.78, 5) is 0. The van der Waals surface area contributed by atoms with Crippen molar-refractivity contribution < 1.29 is 6.11 Å². The van der Waals surface area contributed by atoms with Gasteiger partial charge in [-0.15, -0.1) is 0 Å². The van der Waals surface area contributed by atoms with E-state index in [1.54, 1.807) is 0 Å². The van der Waals surface area contributed by atoms with Gasteiger partial charge in [0, 0.05) is 14.6 Å². The molecule has 1 aliphatic heterocycles. The summed E-state index contributed by atoms with van der Waals surface area (Å²) in [5.41, 5.74) is 0. The highest BCUT2D eigenvalue weighted by atomic mass is 16.5. The second kappa shape index (κ2) is 2.31. The predicted octanol–water partition coefficient (Wildman–Crippen LogP) is 1.43. The minimum atomic E-state index is -0.293. The van der Waals surface area contributed by atoms with Crippen LogP contribution in [0.2, 0.25) is 0 Å². The molecular weight excluding hydrogens is 88.1 g/mol. The van der Waals surface area contributed by atoms with E-state index in [1.165, 1.54) is 0 Å². The van der Waals surface area contributed by atoms with Crippen LogP contribution in [-0.2, 0) is 4.74 Å². The van der Waals surface area contributed by atoms with Crippen LogP contribution in [0.15, 0.2) is 0 Å². The molecule has 1 atom stereocenters.